The summed E-state index contributed by atoms with van der Waals surface area (Å²) in [5, 5.41) is 18.5. The molecule has 0 bridgehead atoms. The van der Waals surface area contributed by atoms with Crippen LogP contribution in [0.4, 0.5) is 0 Å². The van der Waals surface area contributed by atoms with Gasteiger partial charge in [0.05, 0.1) is 25.9 Å². The Labute approximate surface area is 113 Å². The fraction of sp³-hybridized carbons (Fsp3) is 0.467. The van der Waals surface area contributed by atoms with E-state index in [1.54, 1.807) is 7.11 Å². The van der Waals surface area contributed by atoms with Crippen LogP contribution in [0.25, 0.3) is 0 Å². The molecule has 1 aliphatic rings. The molecular weight excluding hydrogens is 240 g/mol. The van der Waals surface area contributed by atoms with Gasteiger partial charge in [-0.1, -0.05) is 19.1 Å². The summed E-state index contributed by atoms with van der Waals surface area (Å²) in [7, 11) is 1.61. The molecule has 4 nitrogen and oxygen atoms in total. The van der Waals surface area contributed by atoms with Gasteiger partial charge in [-0.25, -0.2) is 0 Å². The van der Waals surface area contributed by atoms with Gasteiger partial charge < -0.3 is 9.47 Å². The molecule has 1 aliphatic heterocycles. The van der Waals surface area contributed by atoms with Crippen molar-refractivity contribution in [1.29, 1.82) is 10.5 Å². The molecule has 1 aromatic rings. The van der Waals surface area contributed by atoms with Crippen LogP contribution in [-0.4, -0.2) is 13.7 Å². The Bertz CT molecular complexity index is 536. The molecule has 1 fully saturated rings. The molecule has 1 saturated heterocycles. The predicted molar refractivity (Wildman–Crippen MR) is 69.2 cm³/mol. The van der Waals surface area contributed by atoms with Crippen molar-refractivity contribution >= 4 is 0 Å². The first-order chi connectivity index (χ1) is 9.13. The third kappa shape index (κ3) is 2.41. The minimum Gasteiger partial charge on any atom is -0.497 e. The lowest BCUT2D eigenvalue weighted by Crippen LogP contribution is -2.24. The van der Waals surface area contributed by atoms with E-state index in [4.69, 9.17) is 9.47 Å². The van der Waals surface area contributed by atoms with Crippen molar-refractivity contribution in [3.63, 3.8) is 0 Å². The van der Waals surface area contributed by atoms with Crippen LogP contribution in [-0.2, 0) is 10.3 Å². The molecular formula is C15H16N2O2. The topological polar surface area (TPSA) is 69.3 Å². The number of hydrogen-bond donors (Lipinski definition) is 0. The normalized spacial score (nSPS) is 21.3. The number of ether oxygens (including phenoxy) is 2. The van der Waals surface area contributed by atoms with E-state index < -0.39 is 11.0 Å². The quantitative estimate of drug-likeness (QED) is 0.759. The summed E-state index contributed by atoms with van der Waals surface area (Å²) in [5.74, 6) is 0.753. The van der Waals surface area contributed by atoms with Crippen LogP contribution >= 0.6 is 0 Å². The number of rotatable bonds is 5. The molecule has 1 atom stereocenters. The molecule has 0 aliphatic carbocycles. The molecule has 0 saturated carbocycles. The number of nitrogens with zero attached hydrogens (tertiary/aromatic N) is 2. The van der Waals surface area contributed by atoms with Crippen LogP contribution in [0.1, 0.15) is 25.3 Å². The van der Waals surface area contributed by atoms with Gasteiger partial charge in [0.2, 0.25) is 0 Å². The molecule has 98 valence electrons. The van der Waals surface area contributed by atoms with E-state index in [-0.39, 0.29) is 0 Å². The lowest BCUT2D eigenvalue weighted by Gasteiger charge is -2.21. The molecule has 1 unspecified atom stereocenters. The fourth-order valence-electron chi connectivity index (χ4n) is 2.24. The van der Waals surface area contributed by atoms with E-state index in [0.717, 1.165) is 11.3 Å². The largest absolute Gasteiger partial charge is 0.497 e. The number of hydrogen-bond acceptors (Lipinski definition) is 4. The molecule has 0 N–H and O–H groups in total. The predicted octanol–water partition coefficient (Wildman–Crippen LogP) is 2.75. The maximum atomic E-state index is 9.26. The Balaban J connectivity index is 2.29. The molecule has 0 spiro atoms. The molecule has 0 aromatic heterocycles. The zero-order valence-corrected chi connectivity index (χ0v) is 11.1. The molecule has 2 rings (SSSR count). The van der Waals surface area contributed by atoms with Crippen molar-refractivity contribution in [3.05, 3.63) is 29.8 Å². The summed E-state index contributed by atoms with van der Waals surface area (Å²) in [5.41, 5.74) is -0.523. The first-order valence-electron chi connectivity index (χ1n) is 6.25. The second kappa shape index (κ2) is 4.91. The number of methoxy groups -OCH3 is 1. The van der Waals surface area contributed by atoms with Crippen molar-refractivity contribution in [2.45, 2.75) is 25.4 Å². The van der Waals surface area contributed by atoms with Gasteiger partial charge in [-0.15, -0.1) is 0 Å². The Morgan fingerprint density at radius 2 is 2.11 bits per heavy atom. The maximum absolute atomic E-state index is 9.26. The first-order valence-corrected chi connectivity index (χ1v) is 6.25. The fourth-order valence-corrected chi connectivity index (χ4v) is 2.24. The summed E-state index contributed by atoms with van der Waals surface area (Å²) in [6.45, 7) is 2.40. The smallest absolute Gasteiger partial charge is 0.146 e. The minimum absolute atomic E-state index is 0.399. The van der Waals surface area contributed by atoms with Crippen molar-refractivity contribution in [2.24, 2.45) is 5.41 Å². The van der Waals surface area contributed by atoms with Crippen molar-refractivity contribution < 1.29 is 9.47 Å². The average molecular weight is 256 g/mol. The van der Waals surface area contributed by atoms with E-state index in [1.165, 1.54) is 0 Å². The third-order valence-electron chi connectivity index (χ3n) is 3.71. The van der Waals surface area contributed by atoms with Gasteiger partial charge in [0.15, 0.2) is 0 Å². The van der Waals surface area contributed by atoms with Crippen LogP contribution in [0.5, 0.6) is 5.75 Å². The molecule has 19 heavy (non-hydrogen) atoms. The standard InChI is InChI=1S/C15H16N2O2/c1-3-14(9-16,10-17)8-15(11-19-15)12-5-4-6-13(7-12)18-2/h4-7H,3,8,11H2,1-2H3. The first kappa shape index (κ1) is 13.4. The van der Waals surface area contributed by atoms with E-state index >= 15 is 0 Å². The Morgan fingerprint density at radius 1 is 1.42 bits per heavy atom. The van der Waals surface area contributed by atoms with Crippen molar-refractivity contribution in [1.82, 2.24) is 0 Å². The van der Waals surface area contributed by atoms with Gasteiger partial charge in [-0.05, 0) is 24.1 Å². The lowest BCUT2D eigenvalue weighted by atomic mass is 9.77. The van der Waals surface area contributed by atoms with Crippen LogP contribution < -0.4 is 4.74 Å². The summed E-state index contributed by atoms with van der Waals surface area (Å²) in [4.78, 5) is 0. The number of nitriles is 2. The molecule has 0 radical (unpaired) electrons. The van der Waals surface area contributed by atoms with E-state index in [0.29, 0.717) is 19.4 Å². The maximum Gasteiger partial charge on any atom is 0.146 e. The summed E-state index contributed by atoms with van der Waals surface area (Å²) >= 11 is 0. The van der Waals surface area contributed by atoms with Gasteiger partial charge in [-0.3, -0.25) is 0 Å². The Hall–Kier alpha value is -2.04. The number of benzene rings is 1. The van der Waals surface area contributed by atoms with E-state index in [1.807, 2.05) is 31.2 Å². The molecule has 0 amide bonds. The van der Waals surface area contributed by atoms with E-state index in [9.17, 15) is 10.5 Å². The summed E-state index contributed by atoms with van der Waals surface area (Å²) in [6, 6.07) is 11.9. The second-order valence-electron chi connectivity index (χ2n) is 4.85. The van der Waals surface area contributed by atoms with Gasteiger partial charge in [0, 0.05) is 6.42 Å². The summed E-state index contributed by atoms with van der Waals surface area (Å²) in [6.07, 6.45) is 0.895. The van der Waals surface area contributed by atoms with Gasteiger partial charge in [-0.2, -0.15) is 10.5 Å². The highest BCUT2D eigenvalue weighted by Crippen LogP contribution is 2.48. The zero-order valence-electron chi connectivity index (χ0n) is 11.1. The van der Waals surface area contributed by atoms with Gasteiger partial charge in [0.25, 0.3) is 0 Å². The highest BCUT2D eigenvalue weighted by molar-refractivity contribution is 5.36. The Morgan fingerprint density at radius 3 is 2.58 bits per heavy atom. The SMILES string of the molecule is CCC(C#N)(C#N)CC1(c2cccc(OC)c2)CO1. The van der Waals surface area contributed by atoms with Crippen LogP contribution in [0.15, 0.2) is 24.3 Å². The molecule has 1 aromatic carbocycles. The molecule has 4 heteroatoms. The van der Waals surface area contributed by atoms with E-state index in [2.05, 4.69) is 12.1 Å². The third-order valence-corrected chi connectivity index (χ3v) is 3.71. The molecule has 1 heterocycles. The average Bonchev–Trinajstić information content (AvgIpc) is 3.26. The minimum atomic E-state index is -0.987. The van der Waals surface area contributed by atoms with Crippen molar-refractivity contribution in [2.75, 3.05) is 13.7 Å². The van der Waals surface area contributed by atoms with Gasteiger partial charge in [0.1, 0.15) is 16.8 Å². The van der Waals surface area contributed by atoms with Crippen molar-refractivity contribution in [3.8, 4) is 17.9 Å². The van der Waals surface area contributed by atoms with Crippen LogP contribution in [0.3, 0.4) is 0 Å². The highest BCUT2D eigenvalue weighted by Gasteiger charge is 2.52. The second-order valence-corrected chi connectivity index (χ2v) is 4.85. The van der Waals surface area contributed by atoms with Crippen LogP contribution in [0, 0.1) is 28.1 Å². The summed E-state index contributed by atoms with van der Waals surface area (Å²) < 4.78 is 10.8. The highest BCUT2D eigenvalue weighted by atomic mass is 16.6. The Kier molecular flexibility index (Phi) is 3.46. The zero-order chi connectivity index (χ0) is 13.9. The van der Waals surface area contributed by atoms with Gasteiger partial charge >= 0.3 is 0 Å². The number of epoxide rings is 1. The van der Waals surface area contributed by atoms with Crippen LogP contribution in [0.2, 0.25) is 0 Å². The lowest BCUT2D eigenvalue weighted by molar-refractivity contribution is 0.243. The monoisotopic (exact) mass is 256 g/mol.